The minimum absolute atomic E-state index is 0.0802. The molecule has 16 heavy (non-hydrogen) atoms. The third-order valence-corrected chi connectivity index (χ3v) is 3.36. The van der Waals surface area contributed by atoms with Gasteiger partial charge >= 0.3 is 0 Å². The summed E-state index contributed by atoms with van der Waals surface area (Å²) in [6, 6.07) is 0. The van der Waals surface area contributed by atoms with Crippen LogP contribution in [0.1, 0.15) is 27.2 Å². The van der Waals surface area contributed by atoms with Crippen molar-refractivity contribution < 1.29 is 13.2 Å². The Balaban J connectivity index is 3.70. The van der Waals surface area contributed by atoms with E-state index in [1.807, 2.05) is 20.8 Å². The molecule has 0 aromatic carbocycles. The molecule has 5 nitrogen and oxygen atoms in total. The summed E-state index contributed by atoms with van der Waals surface area (Å²) in [7, 11) is -3.17. The van der Waals surface area contributed by atoms with Gasteiger partial charge in [0.25, 0.3) is 0 Å². The highest BCUT2D eigenvalue weighted by Crippen LogP contribution is 1.90. The molecule has 0 saturated heterocycles. The zero-order valence-electron chi connectivity index (χ0n) is 10.5. The molecular weight excluding hydrogens is 228 g/mol. The minimum atomic E-state index is -3.17. The lowest BCUT2D eigenvalue weighted by atomic mass is 10.4. The van der Waals surface area contributed by atoms with Crippen LogP contribution in [0.25, 0.3) is 0 Å². The fraction of sp³-hybridized carbons (Fsp3) is 1.00. The monoisotopic (exact) mass is 252 g/mol. The molecule has 0 saturated carbocycles. The molecule has 0 aliphatic carbocycles. The Hall–Kier alpha value is -0.170. The molecule has 0 amide bonds. The lowest BCUT2D eigenvalue weighted by molar-refractivity contribution is 0.0799. The number of sulfonamides is 1. The summed E-state index contributed by atoms with van der Waals surface area (Å²) in [6.07, 6.45) is 0.929. The van der Waals surface area contributed by atoms with Gasteiger partial charge in [-0.2, -0.15) is 0 Å². The number of hydrogen-bond acceptors (Lipinski definition) is 4. The van der Waals surface area contributed by atoms with E-state index in [9.17, 15) is 8.42 Å². The van der Waals surface area contributed by atoms with E-state index in [-0.39, 0.29) is 11.9 Å². The van der Waals surface area contributed by atoms with Crippen molar-refractivity contribution in [3.05, 3.63) is 0 Å². The van der Waals surface area contributed by atoms with Crippen molar-refractivity contribution >= 4 is 10.0 Å². The zero-order valence-corrected chi connectivity index (χ0v) is 11.3. The van der Waals surface area contributed by atoms with Crippen LogP contribution in [0.2, 0.25) is 0 Å². The maximum atomic E-state index is 11.5. The van der Waals surface area contributed by atoms with Gasteiger partial charge < -0.3 is 10.1 Å². The maximum Gasteiger partial charge on any atom is 0.212 e. The van der Waals surface area contributed by atoms with Crippen molar-refractivity contribution in [2.24, 2.45) is 0 Å². The first-order valence-electron chi connectivity index (χ1n) is 5.81. The standard InChI is InChI=1S/C10H24N2O3S/c1-4-6-11-7-8-16(13,14)12-9-10(3)15-5-2/h10-12H,4-9H2,1-3H3. The SMILES string of the molecule is CCCNCCS(=O)(=O)NCC(C)OCC. The predicted molar refractivity (Wildman–Crippen MR) is 66.0 cm³/mol. The van der Waals surface area contributed by atoms with E-state index in [0.29, 0.717) is 19.7 Å². The van der Waals surface area contributed by atoms with E-state index >= 15 is 0 Å². The molecule has 0 bridgehead atoms. The summed E-state index contributed by atoms with van der Waals surface area (Å²) in [6.45, 7) is 8.06. The normalized spacial score (nSPS) is 13.9. The highest BCUT2D eigenvalue weighted by Gasteiger charge is 2.11. The third kappa shape index (κ3) is 9.08. The van der Waals surface area contributed by atoms with Crippen LogP contribution < -0.4 is 10.0 Å². The summed E-state index contributed by atoms with van der Waals surface area (Å²) in [5.41, 5.74) is 0. The Labute approximate surface area is 99.0 Å². The molecule has 98 valence electrons. The molecule has 0 aromatic heterocycles. The lowest BCUT2D eigenvalue weighted by Crippen LogP contribution is -2.36. The molecule has 2 N–H and O–H groups in total. The smallest absolute Gasteiger partial charge is 0.212 e. The van der Waals surface area contributed by atoms with Crippen LogP contribution in [-0.2, 0) is 14.8 Å². The van der Waals surface area contributed by atoms with Gasteiger partial charge in [-0.1, -0.05) is 6.92 Å². The van der Waals surface area contributed by atoms with Gasteiger partial charge in [-0.3, -0.25) is 0 Å². The topological polar surface area (TPSA) is 67.4 Å². The lowest BCUT2D eigenvalue weighted by Gasteiger charge is -2.13. The van der Waals surface area contributed by atoms with Gasteiger partial charge in [0.15, 0.2) is 0 Å². The highest BCUT2D eigenvalue weighted by atomic mass is 32.2. The summed E-state index contributed by atoms with van der Waals surface area (Å²) < 4.78 is 30.8. The van der Waals surface area contributed by atoms with Gasteiger partial charge in [0, 0.05) is 19.7 Å². The van der Waals surface area contributed by atoms with Crippen LogP contribution in [0.4, 0.5) is 0 Å². The molecule has 0 aliphatic heterocycles. The van der Waals surface area contributed by atoms with E-state index in [1.54, 1.807) is 0 Å². The van der Waals surface area contributed by atoms with Crippen molar-refractivity contribution in [3.8, 4) is 0 Å². The largest absolute Gasteiger partial charge is 0.377 e. The highest BCUT2D eigenvalue weighted by molar-refractivity contribution is 7.89. The number of ether oxygens (including phenoxy) is 1. The quantitative estimate of drug-likeness (QED) is 0.550. The second-order valence-corrected chi connectivity index (χ2v) is 5.61. The van der Waals surface area contributed by atoms with E-state index in [4.69, 9.17) is 4.74 Å². The van der Waals surface area contributed by atoms with Crippen molar-refractivity contribution in [1.29, 1.82) is 0 Å². The number of nitrogens with one attached hydrogen (secondary N) is 2. The molecule has 0 rings (SSSR count). The molecule has 0 heterocycles. The molecule has 6 heteroatoms. The molecular formula is C10H24N2O3S. The average molecular weight is 252 g/mol. The molecule has 0 fully saturated rings. The molecule has 0 spiro atoms. The van der Waals surface area contributed by atoms with Crippen molar-refractivity contribution in [1.82, 2.24) is 10.0 Å². The maximum absolute atomic E-state index is 11.5. The Bertz CT molecular complexity index is 255. The number of rotatable bonds is 10. The Kier molecular flexibility index (Phi) is 8.83. The Morgan fingerprint density at radius 1 is 1.25 bits per heavy atom. The van der Waals surface area contributed by atoms with Crippen LogP contribution in [0.15, 0.2) is 0 Å². The summed E-state index contributed by atoms with van der Waals surface area (Å²) in [4.78, 5) is 0. The predicted octanol–water partition coefficient (Wildman–Crippen LogP) is 0.330. The molecule has 0 radical (unpaired) electrons. The van der Waals surface area contributed by atoms with Gasteiger partial charge in [-0.05, 0) is 26.8 Å². The first-order chi connectivity index (χ1) is 7.52. The van der Waals surface area contributed by atoms with Gasteiger partial charge in [-0.15, -0.1) is 0 Å². The van der Waals surface area contributed by atoms with Crippen LogP contribution in [0.5, 0.6) is 0 Å². The van der Waals surface area contributed by atoms with Crippen LogP contribution >= 0.6 is 0 Å². The van der Waals surface area contributed by atoms with E-state index in [2.05, 4.69) is 10.0 Å². The molecule has 1 atom stereocenters. The summed E-state index contributed by atoms with van der Waals surface area (Å²) in [5.74, 6) is 0.117. The van der Waals surface area contributed by atoms with Crippen molar-refractivity contribution in [2.45, 2.75) is 33.3 Å². The summed E-state index contributed by atoms with van der Waals surface area (Å²) in [5, 5.41) is 3.05. The molecule has 0 aromatic rings. The first kappa shape index (κ1) is 15.8. The van der Waals surface area contributed by atoms with Gasteiger partial charge in [0.2, 0.25) is 10.0 Å². The van der Waals surface area contributed by atoms with E-state index in [1.165, 1.54) is 0 Å². The summed E-state index contributed by atoms with van der Waals surface area (Å²) >= 11 is 0. The Morgan fingerprint density at radius 2 is 1.94 bits per heavy atom. The average Bonchev–Trinajstić information content (AvgIpc) is 2.22. The van der Waals surface area contributed by atoms with Crippen molar-refractivity contribution in [3.63, 3.8) is 0 Å². The first-order valence-corrected chi connectivity index (χ1v) is 7.46. The van der Waals surface area contributed by atoms with Gasteiger partial charge in [0.1, 0.15) is 0 Å². The second kappa shape index (κ2) is 8.92. The zero-order chi connectivity index (χ0) is 12.4. The Morgan fingerprint density at radius 3 is 2.50 bits per heavy atom. The van der Waals surface area contributed by atoms with Crippen LogP contribution in [0.3, 0.4) is 0 Å². The molecule has 1 unspecified atom stereocenters. The third-order valence-electron chi connectivity index (χ3n) is 2.02. The van der Waals surface area contributed by atoms with Crippen LogP contribution in [0, 0.1) is 0 Å². The van der Waals surface area contributed by atoms with Crippen molar-refractivity contribution in [2.75, 3.05) is 32.0 Å². The fourth-order valence-corrected chi connectivity index (χ4v) is 2.21. The van der Waals surface area contributed by atoms with E-state index in [0.717, 1.165) is 13.0 Å². The van der Waals surface area contributed by atoms with Crippen LogP contribution in [-0.4, -0.2) is 46.5 Å². The fourth-order valence-electron chi connectivity index (χ4n) is 1.17. The second-order valence-electron chi connectivity index (χ2n) is 3.68. The minimum Gasteiger partial charge on any atom is -0.377 e. The van der Waals surface area contributed by atoms with E-state index < -0.39 is 10.0 Å². The number of hydrogen-bond donors (Lipinski definition) is 2. The van der Waals surface area contributed by atoms with Gasteiger partial charge in [-0.25, -0.2) is 13.1 Å². The van der Waals surface area contributed by atoms with Gasteiger partial charge in [0.05, 0.1) is 11.9 Å². The molecule has 0 aliphatic rings.